The number of rotatable bonds is 4. The van der Waals surface area contributed by atoms with Crippen LogP contribution in [0.4, 0.5) is 17.3 Å². The second-order valence-corrected chi connectivity index (χ2v) is 6.50. The van der Waals surface area contributed by atoms with Gasteiger partial charge < -0.3 is 10.6 Å². The van der Waals surface area contributed by atoms with Crippen LogP contribution in [0.1, 0.15) is 21.7 Å². The Morgan fingerprint density at radius 2 is 1.76 bits per heavy atom. The van der Waals surface area contributed by atoms with E-state index < -0.39 is 0 Å². The summed E-state index contributed by atoms with van der Waals surface area (Å²) in [5, 5.41) is 5.98. The third kappa shape index (κ3) is 4.42. The molecule has 0 aliphatic heterocycles. The number of nitrogens with zero attached hydrogens (tertiary/aromatic N) is 2. The SMILES string of the molecule is Cc1ccc(Nc2nc(C)cc(C(=O)Nc3ccccc3)n2)c(Br)c1. The molecule has 2 N–H and O–H groups in total. The number of halogens is 1. The summed E-state index contributed by atoms with van der Waals surface area (Å²) < 4.78 is 0.910. The van der Waals surface area contributed by atoms with Crippen LogP contribution in [0.5, 0.6) is 0 Å². The zero-order chi connectivity index (χ0) is 17.8. The summed E-state index contributed by atoms with van der Waals surface area (Å²) in [7, 11) is 0. The molecule has 0 spiro atoms. The molecule has 0 atom stereocenters. The first-order valence-electron chi connectivity index (χ1n) is 7.76. The maximum atomic E-state index is 12.4. The Kier molecular flexibility index (Phi) is 5.09. The van der Waals surface area contributed by atoms with E-state index in [4.69, 9.17) is 0 Å². The summed E-state index contributed by atoms with van der Waals surface area (Å²) in [5.41, 5.74) is 3.72. The van der Waals surface area contributed by atoms with Crippen molar-refractivity contribution in [3.63, 3.8) is 0 Å². The molecule has 0 fully saturated rings. The van der Waals surface area contributed by atoms with Crippen LogP contribution in [0.2, 0.25) is 0 Å². The summed E-state index contributed by atoms with van der Waals surface area (Å²) in [4.78, 5) is 21.1. The van der Waals surface area contributed by atoms with Gasteiger partial charge in [0, 0.05) is 15.9 Å². The first-order valence-corrected chi connectivity index (χ1v) is 8.56. The number of amides is 1. The van der Waals surface area contributed by atoms with Gasteiger partial charge in [-0.3, -0.25) is 4.79 Å². The van der Waals surface area contributed by atoms with Crippen molar-refractivity contribution in [1.29, 1.82) is 0 Å². The van der Waals surface area contributed by atoms with Crippen LogP contribution in [-0.4, -0.2) is 15.9 Å². The quantitative estimate of drug-likeness (QED) is 0.661. The highest BCUT2D eigenvalue weighted by atomic mass is 79.9. The van der Waals surface area contributed by atoms with Crippen LogP contribution < -0.4 is 10.6 Å². The van der Waals surface area contributed by atoms with Crippen molar-refractivity contribution in [2.75, 3.05) is 10.6 Å². The van der Waals surface area contributed by atoms with Crippen LogP contribution in [0.3, 0.4) is 0 Å². The maximum Gasteiger partial charge on any atom is 0.274 e. The number of hydrogen-bond acceptors (Lipinski definition) is 4. The second kappa shape index (κ2) is 7.44. The minimum atomic E-state index is -0.275. The van der Waals surface area contributed by atoms with Gasteiger partial charge in [-0.05, 0) is 65.7 Å². The molecule has 0 bridgehead atoms. The van der Waals surface area contributed by atoms with Crippen LogP contribution in [-0.2, 0) is 0 Å². The van der Waals surface area contributed by atoms with Gasteiger partial charge in [-0.25, -0.2) is 9.97 Å². The van der Waals surface area contributed by atoms with Crippen LogP contribution in [0.15, 0.2) is 59.1 Å². The van der Waals surface area contributed by atoms with Crippen molar-refractivity contribution in [3.8, 4) is 0 Å². The first-order chi connectivity index (χ1) is 12.0. The summed E-state index contributed by atoms with van der Waals surface area (Å²) >= 11 is 3.52. The van der Waals surface area contributed by atoms with Crippen molar-refractivity contribution in [2.24, 2.45) is 0 Å². The molecular weight excluding hydrogens is 380 g/mol. The fourth-order valence-corrected chi connectivity index (χ4v) is 2.89. The lowest BCUT2D eigenvalue weighted by Crippen LogP contribution is -2.15. The molecule has 0 saturated carbocycles. The Bertz CT molecular complexity index is 913. The summed E-state index contributed by atoms with van der Waals surface area (Å²) in [6, 6.07) is 16.9. The fraction of sp³-hybridized carbons (Fsp3) is 0.105. The summed E-state index contributed by atoms with van der Waals surface area (Å²) in [6.07, 6.45) is 0. The van der Waals surface area contributed by atoms with Crippen LogP contribution >= 0.6 is 15.9 Å². The third-order valence-electron chi connectivity index (χ3n) is 3.49. The van der Waals surface area contributed by atoms with E-state index in [2.05, 4.69) is 36.5 Å². The van der Waals surface area contributed by atoms with Gasteiger partial charge in [0.15, 0.2) is 0 Å². The largest absolute Gasteiger partial charge is 0.323 e. The van der Waals surface area contributed by atoms with Crippen LogP contribution in [0, 0.1) is 13.8 Å². The van der Waals surface area contributed by atoms with Crippen molar-refractivity contribution in [3.05, 3.63) is 76.0 Å². The number of carbonyl (C=O) groups is 1. The molecule has 0 radical (unpaired) electrons. The monoisotopic (exact) mass is 396 g/mol. The average molecular weight is 397 g/mol. The van der Waals surface area contributed by atoms with Gasteiger partial charge in [0.25, 0.3) is 5.91 Å². The van der Waals surface area contributed by atoms with Crippen molar-refractivity contribution >= 4 is 39.2 Å². The molecule has 0 saturated heterocycles. The number of nitrogens with one attached hydrogen (secondary N) is 2. The number of benzene rings is 2. The molecule has 0 aliphatic rings. The Hall–Kier alpha value is -2.73. The smallest absolute Gasteiger partial charge is 0.274 e. The zero-order valence-electron chi connectivity index (χ0n) is 13.9. The average Bonchev–Trinajstić information content (AvgIpc) is 2.58. The Morgan fingerprint density at radius 3 is 2.48 bits per heavy atom. The second-order valence-electron chi connectivity index (χ2n) is 5.65. The lowest BCUT2D eigenvalue weighted by atomic mass is 10.2. The first kappa shape index (κ1) is 17.1. The molecule has 0 unspecified atom stereocenters. The fourth-order valence-electron chi connectivity index (χ4n) is 2.30. The minimum absolute atomic E-state index is 0.275. The summed E-state index contributed by atoms with van der Waals surface area (Å²) in [6.45, 7) is 3.85. The third-order valence-corrected chi connectivity index (χ3v) is 4.15. The molecule has 3 aromatic rings. The van der Waals surface area contributed by atoms with E-state index in [0.717, 1.165) is 21.4 Å². The maximum absolute atomic E-state index is 12.4. The van der Waals surface area contributed by atoms with Gasteiger partial charge in [-0.1, -0.05) is 24.3 Å². The molecule has 126 valence electrons. The molecule has 3 rings (SSSR count). The van der Waals surface area contributed by atoms with Gasteiger partial charge in [-0.2, -0.15) is 0 Å². The molecule has 1 amide bonds. The van der Waals surface area contributed by atoms with Crippen molar-refractivity contribution in [2.45, 2.75) is 13.8 Å². The van der Waals surface area contributed by atoms with E-state index in [9.17, 15) is 4.79 Å². The number of para-hydroxylation sites is 1. The van der Waals surface area contributed by atoms with E-state index >= 15 is 0 Å². The predicted molar refractivity (Wildman–Crippen MR) is 103 cm³/mol. The van der Waals surface area contributed by atoms with E-state index in [1.807, 2.05) is 62.4 Å². The molecule has 25 heavy (non-hydrogen) atoms. The minimum Gasteiger partial charge on any atom is -0.323 e. The van der Waals surface area contributed by atoms with Gasteiger partial charge in [0.1, 0.15) is 5.69 Å². The Morgan fingerprint density at radius 1 is 1.00 bits per heavy atom. The molecule has 1 aromatic heterocycles. The highest BCUT2D eigenvalue weighted by molar-refractivity contribution is 9.10. The zero-order valence-corrected chi connectivity index (χ0v) is 15.5. The lowest BCUT2D eigenvalue weighted by molar-refractivity contribution is 0.102. The highest BCUT2D eigenvalue weighted by Gasteiger charge is 2.12. The van der Waals surface area contributed by atoms with Crippen LogP contribution in [0.25, 0.3) is 0 Å². The molecule has 5 nitrogen and oxygen atoms in total. The Labute approximate surface area is 154 Å². The number of aromatic nitrogens is 2. The van der Waals surface area contributed by atoms with E-state index in [1.165, 1.54) is 0 Å². The van der Waals surface area contributed by atoms with Gasteiger partial charge in [0.05, 0.1) is 5.69 Å². The van der Waals surface area contributed by atoms with Gasteiger partial charge >= 0.3 is 0 Å². The topological polar surface area (TPSA) is 66.9 Å². The molecule has 6 heteroatoms. The van der Waals surface area contributed by atoms with Crippen molar-refractivity contribution < 1.29 is 4.79 Å². The number of carbonyl (C=O) groups excluding carboxylic acids is 1. The molecule has 0 aliphatic carbocycles. The number of hydrogen-bond donors (Lipinski definition) is 2. The van der Waals surface area contributed by atoms with Gasteiger partial charge in [0.2, 0.25) is 5.95 Å². The number of anilines is 3. The predicted octanol–water partition coefficient (Wildman–Crippen LogP) is 4.85. The van der Waals surface area contributed by atoms with Gasteiger partial charge in [-0.15, -0.1) is 0 Å². The Balaban J connectivity index is 1.84. The lowest BCUT2D eigenvalue weighted by Gasteiger charge is -2.10. The highest BCUT2D eigenvalue weighted by Crippen LogP contribution is 2.25. The standard InChI is InChI=1S/C19H17BrN4O/c1-12-8-9-16(15(20)10-12)23-19-21-13(2)11-17(24-19)18(25)22-14-6-4-3-5-7-14/h3-11H,1-2H3,(H,22,25)(H,21,23,24). The van der Waals surface area contributed by atoms with E-state index in [1.54, 1.807) is 6.07 Å². The van der Waals surface area contributed by atoms with Crippen molar-refractivity contribution in [1.82, 2.24) is 9.97 Å². The molecule has 1 heterocycles. The van der Waals surface area contributed by atoms with E-state index in [-0.39, 0.29) is 5.91 Å². The normalized spacial score (nSPS) is 10.4. The van der Waals surface area contributed by atoms with E-state index in [0.29, 0.717) is 17.3 Å². The molecular formula is C19H17BrN4O. The summed E-state index contributed by atoms with van der Waals surface area (Å²) in [5.74, 6) is 0.102. The number of aryl methyl sites for hydroxylation is 2. The molecule has 2 aromatic carbocycles.